The van der Waals surface area contributed by atoms with E-state index in [2.05, 4.69) is 13.0 Å². The Labute approximate surface area is 110 Å². The summed E-state index contributed by atoms with van der Waals surface area (Å²) in [7, 11) is 0. The van der Waals surface area contributed by atoms with Crippen molar-refractivity contribution in [2.45, 2.75) is 25.7 Å². The summed E-state index contributed by atoms with van der Waals surface area (Å²) in [4.78, 5) is 12.1. The molecule has 1 aromatic heterocycles. The summed E-state index contributed by atoms with van der Waals surface area (Å²) in [6.45, 7) is 2.29. The Morgan fingerprint density at radius 1 is 1.39 bits per heavy atom. The molecule has 0 amide bonds. The van der Waals surface area contributed by atoms with Crippen LogP contribution in [0.15, 0.2) is 24.3 Å². The van der Waals surface area contributed by atoms with Crippen molar-refractivity contribution in [1.82, 2.24) is 0 Å². The molecule has 0 bridgehead atoms. The van der Waals surface area contributed by atoms with Gasteiger partial charge in [-0.1, -0.05) is 13.0 Å². The molecule has 0 saturated heterocycles. The molecular weight excluding hydrogens is 248 g/mol. The predicted molar refractivity (Wildman–Crippen MR) is 73.5 cm³/mol. The minimum atomic E-state index is -0.894. The van der Waals surface area contributed by atoms with Gasteiger partial charge in [-0.05, 0) is 42.3 Å². The highest BCUT2D eigenvalue weighted by Crippen LogP contribution is 2.34. The van der Waals surface area contributed by atoms with Crippen LogP contribution < -0.4 is 0 Å². The molecule has 96 valence electrons. The molecule has 1 heterocycles. The molecule has 1 aromatic carbocycles. The van der Waals surface area contributed by atoms with Gasteiger partial charge in [0.15, 0.2) is 0 Å². The van der Waals surface area contributed by atoms with Crippen molar-refractivity contribution in [3.63, 3.8) is 0 Å². The first-order valence-corrected chi connectivity index (χ1v) is 6.85. The van der Waals surface area contributed by atoms with Crippen molar-refractivity contribution in [1.29, 1.82) is 0 Å². The number of carboxylic acids is 1. The lowest BCUT2D eigenvalue weighted by Gasteiger charge is -2.09. The highest BCUT2D eigenvalue weighted by Gasteiger charge is 2.13. The lowest BCUT2D eigenvalue weighted by Crippen LogP contribution is -1.97. The molecular formula is C14H16O3S. The van der Waals surface area contributed by atoms with Crippen LogP contribution in [0.5, 0.6) is 0 Å². The molecule has 4 heteroatoms. The minimum absolute atomic E-state index is 0.188. The zero-order chi connectivity index (χ0) is 13.1. The Bertz CT molecular complexity index is 559. The molecule has 2 N–H and O–H groups in total. The summed E-state index contributed by atoms with van der Waals surface area (Å²) in [5.74, 6) is -0.532. The summed E-state index contributed by atoms with van der Waals surface area (Å²) < 4.78 is 1.00. The van der Waals surface area contributed by atoms with Crippen molar-refractivity contribution >= 4 is 27.4 Å². The number of hydrogen-bond donors (Lipinski definition) is 2. The molecule has 0 aliphatic carbocycles. The van der Waals surface area contributed by atoms with Crippen molar-refractivity contribution in [3.8, 4) is 0 Å². The molecule has 0 aliphatic rings. The fourth-order valence-electron chi connectivity index (χ4n) is 2.09. The molecule has 0 fully saturated rings. The second-order valence-electron chi connectivity index (χ2n) is 4.32. The van der Waals surface area contributed by atoms with Gasteiger partial charge in [0, 0.05) is 16.2 Å². The highest BCUT2D eigenvalue weighted by atomic mass is 32.1. The first kappa shape index (κ1) is 13.1. The smallest absolute Gasteiger partial charge is 0.335 e. The third kappa shape index (κ3) is 2.54. The Kier molecular flexibility index (Phi) is 3.99. The molecule has 0 spiro atoms. The fourth-order valence-corrected chi connectivity index (χ4v) is 3.41. The topological polar surface area (TPSA) is 57.5 Å². The van der Waals surface area contributed by atoms with E-state index >= 15 is 0 Å². The van der Waals surface area contributed by atoms with E-state index in [4.69, 9.17) is 10.2 Å². The molecule has 1 unspecified atom stereocenters. The second-order valence-corrected chi connectivity index (χ2v) is 5.44. The highest BCUT2D eigenvalue weighted by molar-refractivity contribution is 7.19. The number of fused-ring (bicyclic) bond motifs is 1. The van der Waals surface area contributed by atoms with Gasteiger partial charge in [-0.3, -0.25) is 0 Å². The Hall–Kier alpha value is -1.39. The fraction of sp³-hybridized carbons (Fsp3) is 0.357. The summed E-state index contributed by atoms with van der Waals surface area (Å²) in [5, 5.41) is 19.1. The molecule has 0 radical (unpaired) electrons. The van der Waals surface area contributed by atoms with Crippen LogP contribution in [0.3, 0.4) is 0 Å². The molecule has 2 rings (SSSR count). The predicted octanol–water partition coefficient (Wildman–Crippen LogP) is 3.48. The molecule has 18 heavy (non-hydrogen) atoms. The Balaban J connectivity index is 2.40. The van der Waals surface area contributed by atoms with Gasteiger partial charge in [0.1, 0.15) is 0 Å². The van der Waals surface area contributed by atoms with E-state index < -0.39 is 5.97 Å². The molecule has 2 aromatic rings. The van der Waals surface area contributed by atoms with E-state index in [-0.39, 0.29) is 6.61 Å². The van der Waals surface area contributed by atoms with E-state index in [1.807, 2.05) is 6.07 Å². The third-order valence-corrected chi connectivity index (χ3v) is 4.42. The van der Waals surface area contributed by atoms with E-state index in [0.29, 0.717) is 11.5 Å². The molecule has 3 nitrogen and oxygen atoms in total. The number of aliphatic hydroxyl groups is 1. The molecule has 0 saturated carbocycles. The van der Waals surface area contributed by atoms with E-state index in [9.17, 15) is 4.79 Å². The maximum absolute atomic E-state index is 10.9. The molecule has 0 aliphatic heterocycles. The van der Waals surface area contributed by atoms with Crippen molar-refractivity contribution in [3.05, 3.63) is 34.7 Å². The van der Waals surface area contributed by atoms with Crippen LogP contribution >= 0.6 is 11.3 Å². The van der Waals surface area contributed by atoms with Crippen LogP contribution in [-0.2, 0) is 0 Å². The Morgan fingerprint density at radius 2 is 2.17 bits per heavy atom. The quantitative estimate of drug-likeness (QED) is 0.869. The van der Waals surface area contributed by atoms with Gasteiger partial charge in [0.05, 0.1) is 5.56 Å². The lowest BCUT2D eigenvalue weighted by atomic mass is 10.0. The van der Waals surface area contributed by atoms with Crippen molar-refractivity contribution in [2.24, 2.45) is 0 Å². The summed E-state index contributed by atoms with van der Waals surface area (Å²) in [6.07, 6.45) is 1.74. The summed E-state index contributed by atoms with van der Waals surface area (Å²) in [5.41, 5.74) is 0.325. The van der Waals surface area contributed by atoms with Crippen LogP contribution in [0.25, 0.3) is 10.1 Å². The maximum Gasteiger partial charge on any atom is 0.335 e. The van der Waals surface area contributed by atoms with E-state index in [1.165, 1.54) is 4.88 Å². The minimum Gasteiger partial charge on any atom is -0.478 e. The number of carboxylic acid groups (broad SMARTS) is 1. The van der Waals surface area contributed by atoms with Crippen molar-refractivity contribution < 1.29 is 15.0 Å². The first-order valence-electron chi connectivity index (χ1n) is 6.03. The van der Waals surface area contributed by atoms with Gasteiger partial charge in [-0.15, -0.1) is 11.3 Å². The van der Waals surface area contributed by atoms with Gasteiger partial charge in [-0.2, -0.15) is 0 Å². The number of aliphatic hydroxyl groups excluding tert-OH is 1. The van der Waals surface area contributed by atoms with Gasteiger partial charge < -0.3 is 10.2 Å². The van der Waals surface area contributed by atoms with Crippen LogP contribution in [0, 0.1) is 0 Å². The average Bonchev–Trinajstić information content (AvgIpc) is 2.78. The van der Waals surface area contributed by atoms with Crippen LogP contribution in [-0.4, -0.2) is 22.8 Å². The van der Waals surface area contributed by atoms with Gasteiger partial charge >= 0.3 is 5.97 Å². The largest absolute Gasteiger partial charge is 0.478 e. The maximum atomic E-state index is 10.9. The lowest BCUT2D eigenvalue weighted by molar-refractivity contribution is 0.0697. The van der Waals surface area contributed by atoms with Gasteiger partial charge in [-0.25, -0.2) is 4.79 Å². The number of aromatic carboxylic acids is 1. The van der Waals surface area contributed by atoms with Crippen LogP contribution in [0.4, 0.5) is 0 Å². The van der Waals surface area contributed by atoms with Gasteiger partial charge in [0.2, 0.25) is 0 Å². The second kappa shape index (κ2) is 5.50. The zero-order valence-electron chi connectivity index (χ0n) is 10.2. The SMILES string of the molecule is CCC(CCO)c1cc2ccc(C(=O)O)cc2s1. The normalized spacial score (nSPS) is 12.8. The standard InChI is InChI=1S/C14H16O3S/c1-2-9(5-6-15)12-7-10-3-4-11(14(16)17)8-13(10)18-12/h3-4,7-9,15H,2,5-6H2,1H3,(H,16,17). The van der Waals surface area contributed by atoms with Crippen LogP contribution in [0.2, 0.25) is 0 Å². The number of benzene rings is 1. The average molecular weight is 264 g/mol. The van der Waals surface area contributed by atoms with E-state index in [0.717, 1.165) is 22.9 Å². The Morgan fingerprint density at radius 3 is 2.78 bits per heavy atom. The molecule has 1 atom stereocenters. The van der Waals surface area contributed by atoms with Crippen LogP contribution in [0.1, 0.15) is 40.9 Å². The number of thiophene rings is 1. The third-order valence-electron chi connectivity index (χ3n) is 3.16. The first-order chi connectivity index (χ1) is 8.65. The number of carbonyl (C=O) groups is 1. The monoisotopic (exact) mass is 264 g/mol. The van der Waals surface area contributed by atoms with Crippen molar-refractivity contribution in [2.75, 3.05) is 6.61 Å². The summed E-state index contributed by atoms with van der Waals surface area (Å²) in [6, 6.07) is 7.31. The van der Waals surface area contributed by atoms with E-state index in [1.54, 1.807) is 23.5 Å². The van der Waals surface area contributed by atoms with Gasteiger partial charge in [0.25, 0.3) is 0 Å². The zero-order valence-corrected chi connectivity index (χ0v) is 11.0. The number of hydrogen-bond acceptors (Lipinski definition) is 3. The number of rotatable bonds is 5. The summed E-state index contributed by atoms with van der Waals surface area (Å²) >= 11 is 1.63.